The lowest BCUT2D eigenvalue weighted by molar-refractivity contribution is -0.0673. The average molecular weight is 433 g/mol. The number of nitrogens with zero attached hydrogens (tertiary/aromatic N) is 2. The number of likely N-dealkylation sites (N-methyl/N-ethyl adjacent to an activating group) is 1. The van der Waals surface area contributed by atoms with Gasteiger partial charge in [-0.3, -0.25) is 14.4 Å². The topological polar surface area (TPSA) is 101 Å². The summed E-state index contributed by atoms with van der Waals surface area (Å²) in [5, 5.41) is 12.9. The summed E-state index contributed by atoms with van der Waals surface area (Å²) in [6.45, 7) is 0.0499. The summed E-state index contributed by atoms with van der Waals surface area (Å²) in [5.41, 5.74) is -2.12. The molecule has 2 aliphatic rings. The van der Waals surface area contributed by atoms with E-state index in [0.29, 0.717) is 25.5 Å². The van der Waals surface area contributed by atoms with Gasteiger partial charge < -0.3 is 24.6 Å². The van der Waals surface area contributed by atoms with E-state index in [-0.39, 0.29) is 29.5 Å². The summed E-state index contributed by atoms with van der Waals surface area (Å²) < 4.78 is 33.7. The maximum absolute atomic E-state index is 13.8. The molecule has 1 aliphatic heterocycles. The number of hydrogen-bond donors (Lipinski definition) is 2. The van der Waals surface area contributed by atoms with E-state index >= 15 is 0 Å². The van der Waals surface area contributed by atoms with Crippen molar-refractivity contribution in [2.24, 2.45) is 0 Å². The first-order valence-corrected chi connectivity index (χ1v) is 9.66. The molecule has 2 aromatic rings. The predicted molar refractivity (Wildman–Crippen MR) is 105 cm³/mol. The standard InChI is InChI=1S/C21H21F2N3O5/c1-25-10-21(6-13(7-21)31-2)26-9-14(17(27)18(28)16(26)20(25)30)19(29)24-8-11-3-4-12(22)5-15(11)23/h3-5,9,13,28H,6-8,10H2,1-2H3,(H,24,29)/t13-,21+. The van der Waals surface area contributed by atoms with Crippen molar-refractivity contribution in [2.45, 2.75) is 31.0 Å². The first-order valence-electron chi connectivity index (χ1n) is 9.66. The van der Waals surface area contributed by atoms with E-state index in [4.69, 9.17) is 4.74 Å². The largest absolute Gasteiger partial charge is 0.503 e. The molecular weight excluding hydrogens is 412 g/mol. The van der Waals surface area contributed by atoms with E-state index < -0.39 is 40.2 Å². The van der Waals surface area contributed by atoms with Crippen LogP contribution in [0, 0.1) is 11.6 Å². The van der Waals surface area contributed by atoms with Crippen LogP contribution in [0.4, 0.5) is 8.78 Å². The quantitative estimate of drug-likeness (QED) is 0.758. The Morgan fingerprint density at radius 1 is 1.32 bits per heavy atom. The van der Waals surface area contributed by atoms with Crippen LogP contribution in [0.3, 0.4) is 0 Å². The molecule has 8 nitrogen and oxygen atoms in total. The van der Waals surface area contributed by atoms with Gasteiger partial charge in [0.15, 0.2) is 11.4 Å². The molecule has 1 spiro atoms. The minimum absolute atomic E-state index is 0.0345. The van der Waals surface area contributed by atoms with E-state index in [9.17, 15) is 28.3 Å². The molecule has 0 radical (unpaired) electrons. The normalized spacial score (nSPS) is 22.3. The third-order valence-corrected chi connectivity index (χ3v) is 6.02. The Labute approximate surface area is 176 Å². The smallest absolute Gasteiger partial charge is 0.274 e. The third-order valence-electron chi connectivity index (χ3n) is 6.02. The zero-order valence-electron chi connectivity index (χ0n) is 16.9. The molecule has 0 bridgehead atoms. The van der Waals surface area contributed by atoms with Crippen LogP contribution in [0.25, 0.3) is 0 Å². The van der Waals surface area contributed by atoms with Crippen molar-refractivity contribution in [3.63, 3.8) is 0 Å². The van der Waals surface area contributed by atoms with E-state index in [1.54, 1.807) is 14.2 Å². The Kier molecular flexibility index (Phi) is 5.04. The van der Waals surface area contributed by atoms with Crippen molar-refractivity contribution in [2.75, 3.05) is 20.7 Å². The molecule has 0 saturated heterocycles. The second-order valence-electron chi connectivity index (χ2n) is 8.01. The number of halogens is 2. The molecule has 0 unspecified atom stereocenters. The molecular formula is C21H21F2N3O5. The van der Waals surface area contributed by atoms with Crippen LogP contribution >= 0.6 is 0 Å². The number of fused-ring (bicyclic) bond motifs is 2. The summed E-state index contributed by atoms with van der Waals surface area (Å²) in [7, 11) is 3.15. The van der Waals surface area contributed by atoms with Crippen molar-refractivity contribution in [1.29, 1.82) is 0 Å². The van der Waals surface area contributed by atoms with Crippen LogP contribution < -0.4 is 10.7 Å². The SMILES string of the molecule is CO[C@H]1C[C@]2(CN(C)C(=O)c3c(O)c(=O)c(C(=O)NCc4ccc(F)cc4F)cn32)C1. The van der Waals surface area contributed by atoms with Crippen LogP contribution in [-0.4, -0.2) is 53.2 Å². The molecule has 1 aromatic carbocycles. The minimum atomic E-state index is -0.996. The number of carbonyl (C=O) groups is 2. The van der Waals surface area contributed by atoms with E-state index in [2.05, 4.69) is 5.32 Å². The van der Waals surface area contributed by atoms with Gasteiger partial charge >= 0.3 is 0 Å². The number of ether oxygens (including phenoxy) is 1. The highest BCUT2D eigenvalue weighted by atomic mass is 19.1. The summed E-state index contributed by atoms with van der Waals surface area (Å²) in [6.07, 6.45) is 2.30. The zero-order valence-corrected chi connectivity index (χ0v) is 16.9. The van der Waals surface area contributed by atoms with E-state index in [1.807, 2.05) is 0 Å². The van der Waals surface area contributed by atoms with Gasteiger partial charge in [0.05, 0.1) is 11.6 Å². The van der Waals surface area contributed by atoms with Gasteiger partial charge in [-0.1, -0.05) is 6.07 Å². The van der Waals surface area contributed by atoms with Crippen LogP contribution in [0.2, 0.25) is 0 Å². The number of aromatic nitrogens is 1. The van der Waals surface area contributed by atoms with Crippen LogP contribution in [0.15, 0.2) is 29.2 Å². The Morgan fingerprint density at radius 2 is 2.03 bits per heavy atom. The molecule has 0 atom stereocenters. The molecule has 4 rings (SSSR count). The van der Waals surface area contributed by atoms with Gasteiger partial charge in [-0.2, -0.15) is 0 Å². The first kappa shape index (κ1) is 21.0. The van der Waals surface area contributed by atoms with Gasteiger partial charge in [0.1, 0.15) is 17.2 Å². The maximum Gasteiger partial charge on any atom is 0.274 e. The Bertz CT molecular complexity index is 1140. The number of hydrogen-bond acceptors (Lipinski definition) is 5. The summed E-state index contributed by atoms with van der Waals surface area (Å²) in [4.78, 5) is 39.4. The number of methoxy groups -OCH3 is 1. The molecule has 1 aromatic heterocycles. The lowest BCUT2D eigenvalue weighted by Crippen LogP contribution is -2.61. The monoisotopic (exact) mass is 433 g/mol. The highest BCUT2D eigenvalue weighted by molar-refractivity contribution is 5.99. The van der Waals surface area contributed by atoms with Crippen molar-refractivity contribution in [3.8, 4) is 5.75 Å². The Hall–Kier alpha value is -3.27. The van der Waals surface area contributed by atoms with Gasteiger partial charge in [0.2, 0.25) is 5.43 Å². The highest BCUT2D eigenvalue weighted by Crippen LogP contribution is 2.45. The fourth-order valence-corrected chi connectivity index (χ4v) is 4.33. The predicted octanol–water partition coefficient (Wildman–Crippen LogP) is 1.35. The van der Waals surface area contributed by atoms with Crippen molar-refractivity contribution in [3.05, 3.63) is 63.1 Å². The molecule has 1 fully saturated rings. The molecule has 31 heavy (non-hydrogen) atoms. The maximum atomic E-state index is 13.8. The molecule has 1 aliphatic carbocycles. The van der Waals surface area contributed by atoms with Gasteiger partial charge in [0.25, 0.3) is 11.8 Å². The molecule has 2 heterocycles. The van der Waals surface area contributed by atoms with Gasteiger partial charge in [-0.05, 0) is 18.9 Å². The number of rotatable bonds is 4. The lowest BCUT2D eigenvalue weighted by atomic mass is 9.72. The Balaban J connectivity index is 1.69. The summed E-state index contributed by atoms with van der Waals surface area (Å²) in [6, 6.07) is 2.93. The zero-order chi connectivity index (χ0) is 22.5. The molecule has 164 valence electrons. The molecule has 2 amide bonds. The second-order valence-corrected chi connectivity index (χ2v) is 8.01. The fraction of sp³-hybridized carbons (Fsp3) is 0.381. The summed E-state index contributed by atoms with van der Waals surface area (Å²) >= 11 is 0. The second kappa shape index (κ2) is 7.45. The van der Waals surface area contributed by atoms with Crippen LogP contribution in [0.1, 0.15) is 39.3 Å². The molecule has 10 heteroatoms. The van der Waals surface area contributed by atoms with Gasteiger partial charge in [-0.15, -0.1) is 0 Å². The lowest BCUT2D eigenvalue weighted by Gasteiger charge is -2.53. The van der Waals surface area contributed by atoms with Crippen LogP contribution in [0.5, 0.6) is 5.75 Å². The molecule has 2 N–H and O–H groups in total. The van der Waals surface area contributed by atoms with E-state index in [1.165, 1.54) is 21.7 Å². The third kappa shape index (κ3) is 3.36. The average Bonchev–Trinajstić information content (AvgIpc) is 2.70. The number of carbonyl (C=O) groups excluding carboxylic acids is 2. The minimum Gasteiger partial charge on any atom is -0.503 e. The Morgan fingerprint density at radius 3 is 2.68 bits per heavy atom. The number of nitrogens with one attached hydrogen (secondary N) is 1. The van der Waals surface area contributed by atoms with E-state index in [0.717, 1.165) is 6.07 Å². The number of pyridine rings is 1. The van der Waals surface area contributed by atoms with Crippen molar-refractivity contribution < 1.29 is 28.2 Å². The number of amides is 2. The van der Waals surface area contributed by atoms with Crippen LogP contribution in [-0.2, 0) is 16.8 Å². The number of aromatic hydroxyl groups is 1. The first-order chi connectivity index (χ1) is 14.7. The summed E-state index contributed by atoms with van der Waals surface area (Å²) in [5.74, 6) is -3.76. The van der Waals surface area contributed by atoms with Gasteiger partial charge in [0, 0.05) is 45.1 Å². The van der Waals surface area contributed by atoms with Gasteiger partial charge in [-0.25, -0.2) is 8.78 Å². The molecule has 1 saturated carbocycles. The fourth-order valence-electron chi connectivity index (χ4n) is 4.33. The van der Waals surface area contributed by atoms with Crippen molar-refractivity contribution >= 4 is 11.8 Å². The highest BCUT2D eigenvalue weighted by Gasteiger charge is 2.52. The number of benzene rings is 1. The van der Waals surface area contributed by atoms with Crippen molar-refractivity contribution in [1.82, 2.24) is 14.8 Å².